The summed E-state index contributed by atoms with van der Waals surface area (Å²) >= 11 is 6.07. The highest BCUT2D eigenvalue weighted by molar-refractivity contribution is 6.31. The summed E-state index contributed by atoms with van der Waals surface area (Å²) in [6.45, 7) is 0.246. The summed E-state index contributed by atoms with van der Waals surface area (Å²) in [5.74, 6) is 0.218. The van der Waals surface area contributed by atoms with Crippen molar-refractivity contribution in [3.63, 3.8) is 0 Å². The molecule has 11 heteroatoms. The van der Waals surface area contributed by atoms with Crippen molar-refractivity contribution in [1.82, 2.24) is 35.4 Å². The minimum atomic E-state index is -0.439. The molecule has 172 valence electrons. The zero-order valence-electron chi connectivity index (χ0n) is 18.1. The van der Waals surface area contributed by atoms with Crippen molar-refractivity contribution in [3.8, 4) is 11.4 Å². The molecule has 3 heterocycles. The van der Waals surface area contributed by atoms with Crippen LogP contribution in [0.5, 0.6) is 5.75 Å². The van der Waals surface area contributed by atoms with E-state index in [1.807, 2.05) is 42.6 Å². The number of fused-ring (bicyclic) bond motifs is 1. The number of halogens is 1. The van der Waals surface area contributed by atoms with Gasteiger partial charge in [-0.15, -0.1) is 5.10 Å². The Labute approximate surface area is 204 Å². The number of nitrogens with zero attached hydrogens (tertiary/aromatic N) is 7. The Morgan fingerprint density at radius 3 is 2.80 bits per heavy atom. The van der Waals surface area contributed by atoms with Crippen LogP contribution in [0.4, 0.5) is 0 Å². The first kappa shape index (κ1) is 22.1. The highest BCUT2D eigenvalue weighted by atomic mass is 35.5. The zero-order chi connectivity index (χ0) is 24.0. The molecule has 0 atom stereocenters. The average Bonchev–Trinajstić information content (AvgIpc) is 3.37. The summed E-state index contributed by atoms with van der Waals surface area (Å²) < 4.78 is 7.51. The first-order valence-corrected chi connectivity index (χ1v) is 10.8. The number of pyridine rings is 1. The number of carbonyl (C=O) groups excluding carboxylic acids is 1. The second-order valence-corrected chi connectivity index (χ2v) is 7.73. The van der Waals surface area contributed by atoms with Crippen LogP contribution in [0.2, 0.25) is 5.02 Å². The van der Waals surface area contributed by atoms with Gasteiger partial charge in [-0.3, -0.25) is 14.8 Å². The van der Waals surface area contributed by atoms with Crippen molar-refractivity contribution in [2.24, 2.45) is 5.10 Å². The first-order valence-electron chi connectivity index (χ1n) is 10.4. The van der Waals surface area contributed by atoms with E-state index in [9.17, 15) is 4.79 Å². The van der Waals surface area contributed by atoms with E-state index in [4.69, 9.17) is 16.3 Å². The lowest BCUT2D eigenvalue weighted by Crippen LogP contribution is -2.19. The molecule has 10 nitrogen and oxygen atoms in total. The number of hydrogen-bond donors (Lipinski definition) is 1. The maximum atomic E-state index is 11.9. The number of ether oxygens (including phenoxy) is 1. The molecule has 0 radical (unpaired) electrons. The Morgan fingerprint density at radius 1 is 1.09 bits per heavy atom. The molecule has 35 heavy (non-hydrogen) atoms. The molecule has 0 fully saturated rings. The zero-order valence-corrected chi connectivity index (χ0v) is 18.9. The molecule has 3 aromatic heterocycles. The molecule has 2 aromatic carbocycles. The molecular weight excluding hydrogens is 468 g/mol. The maximum absolute atomic E-state index is 11.9. The lowest BCUT2D eigenvalue weighted by Gasteiger charge is -2.05. The second kappa shape index (κ2) is 10.1. The average molecular weight is 485 g/mol. The smallest absolute Gasteiger partial charge is 0.291 e. The molecule has 1 amide bonds. The summed E-state index contributed by atoms with van der Waals surface area (Å²) in [7, 11) is 0. The Hall–Kier alpha value is -4.70. The molecule has 0 bridgehead atoms. The summed E-state index contributed by atoms with van der Waals surface area (Å²) in [4.78, 5) is 24.0. The molecule has 0 aliphatic heterocycles. The van der Waals surface area contributed by atoms with Gasteiger partial charge in [0.25, 0.3) is 5.91 Å². The minimum Gasteiger partial charge on any atom is -0.487 e. The van der Waals surface area contributed by atoms with Crippen LogP contribution in [0, 0.1) is 0 Å². The van der Waals surface area contributed by atoms with Crippen LogP contribution in [0.25, 0.3) is 16.6 Å². The van der Waals surface area contributed by atoms with Crippen LogP contribution < -0.4 is 10.2 Å². The highest BCUT2D eigenvalue weighted by Gasteiger charge is 2.09. The Balaban J connectivity index is 1.19. The molecule has 0 saturated carbocycles. The van der Waals surface area contributed by atoms with Gasteiger partial charge in [-0.05, 0) is 54.1 Å². The first-order chi connectivity index (χ1) is 17.2. The molecule has 0 saturated heterocycles. The van der Waals surface area contributed by atoms with Crippen LogP contribution in [-0.2, 0) is 6.61 Å². The van der Waals surface area contributed by atoms with Crippen molar-refractivity contribution in [3.05, 3.63) is 101 Å². The molecule has 0 unspecified atom stereocenters. The Bertz CT molecular complexity index is 1500. The number of hydrazone groups is 1. The van der Waals surface area contributed by atoms with Gasteiger partial charge in [0.1, 0.15) is 23.7 Å². The van der Waals surface area contributed by atoms with Gasteiger partial charge >= 0.3 is 0 Å². The van der Waals surface area contributed by atoms with Gasteiger partial charge in [0, 0.05) is 29.0 Å². The Kier molecular flexibility index (Phi) is 6.35. The summed E-state index contributed by atoms with van der Waals surface area (Å²) in [5, 5.41) is 13.9. The number of nitrogens with one attached hydrogen (secondary N) is 1. The van der Waals surface area contributed by atoms with E-state index in [1.165, 1.54) is 24.8 Å². The van der Waals surface area contributed by atoms with Crippen LogP contribution in [0.15, 0.2) is 84.6 Å². The van der Waals surface area contributed by atoms with E-state index in [0.29, 0.717) is 16.5 Å². The van der Waals surface area contributed by atoms with Gasteiger partial charge in [-0.2, -0.15) is 5.10 Å². The van der Waals surface area contributed by atoms with Crippen molar-refractivity contribution >= 4 is 34.6 Å². The third-order valence-electron chi connectivity index (χ3n) is 4.91. The molecule has 5 rings (SSSR count). The summed E-state index contributed by atoms with van der Waals surface area (Å²) in [5.41, 5.74) is 5.67. The van der Waals surface area contributed by atoms with Gasteiger partial charge in [0.05, 0.1) is 29.8 Å². The number of amides is 1. The lowest BCUT2D eigenvalue weighted by molar-refractivity contribution is 0.0949. The predicted octanol–water partition coefficient (Wildman–Crippen LogP) is 3.60. The van der Waals surface area contributed by atoms with Crippen molar-refractivity contribution < 1.29 is 9.53 Å². The van der Waals surface area contributed by atoms with Crippen LogP contribution in [0.1, 0.15) is 21.7 Å². The van der Waals surface area contributed by atoms with Crippen LogP contribution in [-0.4, -0.2) is 42.1 Å². The largest absolute Gasteiger partial charge is 0.487 e. The lowest BCUT2D eigenvalue weighted by atomic mass is 10.2. The van der Waals surface area contributed by atoms with Gasteiger partial charge in [0.15, 0.2) is 0 Å². The molecule has 0 aliphatic carbocycles. The number of aromatic nitrogens is 6. The highest BCUT2D eigenvalue weighted by Crippen LogP contribution is 2.23. The summed E-state index contributed by atoms with van der Waals surface area (Å²) in [6.07, 6.45) is 9.34. The van der Waals surface area contributed by atoms with Crippen LogP contribution >= 0.6 is 11.6 Å². The van der Waals surface area contributed by atoms with Gasteiger partial charge in [-0.25, -0.2) is 15.1 Å². The van der Waals surface area contributed by atoms with Crippen molar-refractivity contribution in [2.45, 2.75) is 6.61 Å². The fourth-order valence-electron chi connectivity index (χ4n) is 3.23. The van der Waals surface area contributed by atoms with Crippen molar-refractivity contribution in [1.29, 1.82) is 0 Å². The number of hydrogen-bond acceptors (Lipinski definition) is 8. The van der Waals surface area contributed by atoms with Crippen LogP contribution in [0.3, 0.4) is 0 Å². The van der Waals surface area contributed by atoms with E-state index < -0.39 is 5.91 Å². The Morgan fingerprint density at radius 2 is 1.97 bits per heavy atom. The topological polar surface area (TPSA) is 120 Å². The second-order valence-electron chi connectivity index (χ2n) is 7.29. The van der Waals surface area contributed by atoms with E-state index >= 15 is 0 Å². The van der Waals surface area contributed by atoms with Gasteiger partial charge in [0.2, 0.25) is 0 Å². The van der Waals surface area contributed by atoms with E-state index in [1.54, 1.807) is 23.0 Å². The third kappa shape index (κ3) is 5.28. The fraction of sp³-hybridized carbons (Fsp3) is 0.0417. The maximum Gasteiger partial charge on any atom is 0.291 e. The van der Waals surface area contributed by atoms with E-state index in [2.05, 4.69) is 35.8 Å². The van der Waals surface area contributed by atoms with E-state index in [0.717, 1.165) is 22.2 Å². The quantitative estimate of drug-likeness (QED) is 0.277. The number of carbonyl (C=O) groups is 1. The molecule has 1 N–H and O–H groups in total. The monoisotopic (exact) mass is 484 g/mol. The molecule has 5 aromatic rings. The standard InChI is InChI=1S/C24H17ClN8O2/c25-17-3-6-20-21(11-17)27-8-7-23(20)33-14-18(30-32-33)15-35-19-4-1-16(2-5-19)12-29-31-24(34)22-13-26-9-10-28-22/h1-14H,15H2,(H,31,34)/b29-12+. The minimum absolute atomic E-state index is 0.187. The SMILES string of the molecule is O=C(N/N=C/c1ccc(OCc2cn(-c3ccnc4cc(Cl)ccc34)nn2)cc1)c1cnccn1. The molecule has 0 spiro atoms. The predicted molar refractivity (Wildman–Crippen MR) is 130 cm³/mol. The fourth-order valence-corrected chi connectivity index (χ4v) is 3.40. The third-order valence-corrected chi connectivity index (χ3v) is 5.15. The van der Waals surface area contributed by atoms with E-state index in [-0.39, 0.29) is 12.3 Å². The number of benzene rings is 2. The van der Waals surface area contributed by atoms with Crippen molar-refractivity contribution in [2.75, 3.05) is 0 Å². The number of rotatable bonds is 7. The molecular formula is C24H17ClN8O2. The van der Waals surface area contributed by atoms with Gasteiger partial charge < -0.3 is 4.74 Å². The molecule has 0 aliphatic rings. The van der Waals surface area contributed by atoms with Gasteiger partial charge in [-0.1, -0.05) is 16.8 Å². The summed E-state index contributed by atoms with van der Waals surface area (Å²) in [6, 6.07) is 14.6. The normalized spacial score (nSPS) is 11.1.